The van der Waals surface area contributed by atoms with Crippen LogP contribution in [0.25, 0.3) is 0 Å². The molecular formula is C27H48N2O. The second-order valence-electron chi connectivity index (χ2n) is 8.67. The lowest BCUT2D eigenvalue weighted by Crippen LogP contribution is -2.41. The van der Waals surface area contributed by atoms with Crippen LogP contribution >= 0.6 is 0 Å². The molecule has 3 heteroatoms. The number of urea groups is 1. The minimum atomic E-state index is 0.0621. The lowest BCUT2D eigenvalue weighted by Gasteiger charge is -2.23. The number of unbranched alkanes of at least 4 members (excludes halogenated alkanes) is 14. The van der Waals surface area contributed by atoms with E-state index in [4.69, 9.17) is 0 Å². The smallest absolute Gasteiger partial charge is 0.321 e. The summed E-state index contributed by atoms with van der Waals surface area (Å²) in [4.78, 5) is 14.7. The van der Waals surface area contributed by atoms with Crippen molar-refractivity contribution in [2.24, 2.45) is 0 Å². The molecule has 0 saturated heterocycles. The molecule has 1 N–H and O–H groups in total. The van der Waals surface area contributed by atoms with Crippen molar-refractivity contribution < 1.29 is 4.79 Å². The summed E-state index contributed by atoms with van der Waals surface area (Å²) in [6.07, 6.45) is 20.6. The van der Waals surface area contributed by atoms with E-state index in [2.05, 4.69) is 19.2 Å². The van der Waals surface area contributed by atoms with Gasteiger partial charge < -0.3 is 5.32 Å². The fourth-order valence-electron chi connectivity index (χ4n) is 3.91. The molecular weight excluding hydrogens is 368 g/mol. The molecule has 0 bridgehead atoms. The van der Waals surface area contributed by atoms with Crippen molar-refractivity contribution in [3.8, 4) is 0 Å². The minimum absolute atomic E-state index is 0.0621. The van der Waals surface area contributed by atoms with E-state index in [1.807, 2.05) is 35.2 Å². The zero-order chi connectivity index (χ0) is 21.7. The fraction of sp³-hybridized carbons (Fsp3) is 0.741. The third kappa shape index (κ3) is 13.7. The summed E-state index contributed by atoms with van der Waals surface area (Å²) in [7, 11) is 0. The Balaban J connectivity index is 2.25. The zero-order valence-electron chi connectivity index (χ0n) is 20.0. The highest BCUT2D eigenvalue weighted by molar-refractivity contribution is 5.91. The number of carbonyl (C=O) groups excluding carboxylic acids is 1. The number of hydrogen-bond donors (Lipinski definition) is 1. The molecule has 0 atom stereocenters. The third-order valence-electron chi connectivity index (χ3n) is 5.85. The first-order valence-electron chi connectivity index (χ1n) is 12.9. The standard InChI is InChI=1S/C27H48N2O/c1-3-5-7-9-11-13-15-20-24-28-27(30)29(26-22-18-17-19-23-26)25-21-16-14-12-10-8-6-4-2/h17-19,22-23H,3-16,20-21,24-25H2,1-2H3,(H,28,30). The summed E-state index contributed by atoms with van der Waals surface area (Å²) in [6.45, 7) is 6.12. The number of nitrogens with one attached hydrogen (secondary N) is 1. The van der Waals surface area contributed by atoms with E-state index in [1.165, 1.54) is 89.9 Å². The molecule has 1 aromatic rings. The van der Waals surface area contributed by atoms with Crippen LogP contribution in [0.5, 0.6) is 0 Å². The van der Waals surface area contributed by atoms with E-state index in [0.717, 1.165) is 31.6 Å². The van der Waals surface area contributed by atoms with Gasteiger partial charge in [0.2, 0.25) is 0 Å². The number of anilines is 1. The van der Waals surface area contributed by atoms with Gasteiger partial charge in [-0.25, -0.2) is 4.79 Å². The molecule has 0 heterocycles. The Kier molecular flexibility index (Phi) is 17.2. The fourth-order valence-corrected chi connectivity index (χ4v) is 3.91. The molecule has 0 spiro atoms. The first kappa shape index (κ1) is 26.5. The summed E-state index contributed by atoms with van der Waals surface area (Å²) >= 11 is 0. The maximum Gasteiger partial charge on any atom is 0.321 e. The number of hydrogen-bond acceptors (Lipinski definition) is 1. The number of nitrogens with zero attached hydrogens (tertiary/aromatic N) is 1. The highest BCUT2D eigenvalue weighted by Gasteiger charge is 2.14. The van der Waals surface area contributed by atoms with E-state index >= 15 is 0 Å². The van der Waals surface area contributed by atoms with Crippen LogP contribution in [0, 0.1) is 0 Å². The monoisotopic (exact) mass is 416 g/mol. The number of amides is 2. The molecule has 1 aromatic carbocycles. The molecule has 0 aliphatic rings. The molecule has 0 aromatic heterocycles. The average Bonchev–Trinajstić information content (AvgIpc) is 2.77. The van der Waals surface area contributed by atoms with Gasteiger partial charge in [0.25, 0.3) is 0 Å². The largest absolute Gasteiger partial charge is 0.338 e. The van der Waals surface area contributed by atoms with Crippen LogP contribution in [0.15, 0.2) is 30.3 Å². The van der Waals surface area contributed by atoms with E-state index in [9.17, 15) is 4.79 Å². The van der Waals surface area contributed by atoms with Crippen LogP contribution in [0.1, 0.15) is 117 Å². The Bertz CT molecular complexity index is 503. The number of carbonyl (C=O) groups is 1. The molecule has 0 radical (unpaired) electrons. The molecule has 172 valence electrons. The molecule has 0 aliphatic carbocycles. The minimum Gasteiger partial charge on any atom is -0.338 e. The highest BCUT2D eigenvalue weighted by Crippen LogP contribution is 2.16. The predicted octanol–water partition coefficient (Wildman–Crippen LogP) is 8.48. The van der Waals surface area contributed by atoms with Gasteiger partial charge in [-0.15, -0.1) is 0 Å². The summed E-state index contributed by atoms with van der Waals surface area (Å²) in [5, 5.41) is 3.15. The first-order valence-corrected chi connectivity index (χ1v) is 12.9. The topological polar surface area (TPSA) is 32.3 Å². The van der Waals surface area contributed by atoms with Crippen molar-refractivity contribution in [1.82, 2.24) is 5.32 Å². The van der Waals surface area contributed by atoms with Crippen LogP contribution in [-0.4, -0.2) is 19.1 Å². The molecule has 0 aliphatic heterocycles. The molecule has 2 amide bonds. The Morgan fingerprint density at radius 3 is 1.67 bits per heavy atom. The molecule has 30 heavy (non-hydrogen) atoms. The maximum absolute atomic E-state index is 12.8. The Morgan fingerprint density at radius 1 is 0.667 bits per heavy atom. The molecule has 3 nitrogen and oxygen atoms in total. The van der Waals surface area contributed by atoms with Crippen LogP contribution in [0.2, 0.25) is 0 Å². The van der Waals surface area contributed by atoms with Crippen LogP contribution in [-0.2, 0) is 0 Å². The van der Waals surface area contributed by atoms with Crippen LogP contribution in [0.3, 0.4) is 0 Å². The van der Waals surface area contributed by atoms with Gasteiger partial charge in [0.1, 0.15) is 0 Å². The Morgan fingerprint density at radius 2 is 1.13 bits per heavy atom. The summed E-state index contributed by atoms with van der Waals surface area (Å²) in [5.41, 5.74) is 1.01. The Hall–Kier alpha value is -1.51. The summed E-state index contributed by atoms with van der Waals surface area (Å²) in [5.74, 6) is 0. The van der Waals surface area contributed by atoms with Crippen molar-refractivity contribution in [3.63, 3.8) is 0 Å². The van der Waals surface area contributed by atoms with E-state index in [1.54, 1.807) is 0 Å². The predicted molar refractivity (Wildman–Crippen MR) is 132 cm³/mol. The molecule has 1 rings (SSSR count). The lowest BCUT2D eigenvalue weighted by molar-refractivity contribution is 0.246. The normalized spacial score (nSPS) is 10.9. The van der Waals surface area contributed by atoms with Crippen molar-refractivity contribution >= 4 is 11.7 Å². The SMILES string of the molecule is CCCCCCCCCCNC(=O)N(CCCCCCCCCC)c1ccccc1. The average molecular weight is 417 g/mol. The van der Waals surface area contributed by atoms with Gasteiger partial charge >= 0.3 is 6.03 Å². The second-order valence-corrected chi connectivity index (χ2v) is 8.67. The maximum atomic E-state index is 12.8. The number of para-hydroxylation sites is 1. The van der Waals surface area contributed by atoms with Crippen molar-refractivity contribution in [2.45, 2.75) is 117 Å². The van der Waals surface area contributed by atoms with E-state index in [-0.39, 0.29) is 6.03 Å². The van der Waals surface area contributed by atoms with Crippen molar-refractivity contribution in [1.29, 1.82) is 0 Å². The van der Waals surface area contributed by atoms with Gasteiger partial charge in [0.15, 0.2) is 0 Å². The van der Waals surface area contributed by atoms with Crippen molar-refractivity contribution in [3.05, 3.63) is 30.3 Å². The Labute approximate surface area is 187 Å². The molecule has 0 saturated carbocycles. The number of benzene rings is 1. The van der Waals surface area contributed by atoms with Gasteiger partial charge in [0, 0.05) is 18.8 Å². The quantitative estimate of drug-likeness (QED) is 0.225. The summed E-state index contributed by atoms with van der Waals surface area (Å²) < 4.78 is 0. The van der Waals surface area contributed by atoms with Gasteiger partial charge in [-0.3, -0.25) is 4.90 Å². The van der Waals surface area contributed by atoms with Gasteiger partial charge in [0.05, 0.1) is 0 Å². The zero-order valence-corrected chi connectivity index (χ0v) is 20.0. The third-order valence-corrected chi connectivity index (χ3v) is 5.85. The van der Waals surface area contributed by atoms with Crippen LogP contribution in [0.4, 0.5) is 10.5 Å². The van der Waals surface area contributed by atoms with Crippen LogP contribution < -0.4 is 10.2 Å². The first-order chi connectivity index (χ1) is 14.8. The van der Waals surface area contributed by atoms with Gasteiger partial charge in [-0.05, 0) is 25.0 Å². The van der Waals surface area contributed by atoms with E-state index < -0.39 is 0 Å². The highest BCUT2D eigenvalue weighted by atomic mass is 16.2. The van der Waals surface area contributed by atoms with Gasteiger partial charge in [-0.1, -0.05) is 122 Å². The lowest BCUT2D eigenvalue weighted by atomic mass is 10.1. The molecule has 0 unspecified atom stereocenters. The second kappa shape index (κ2) is 19.5. The molecule has 0 fully saturated rings. The summed E-state index contributed by atoms with van der Waals surface area (Å²) in [6, 6.07) is 10.2. The van der Waals surface area contributed by atoms with Crippen molar-refractivity contribution in [2.75, 3.05) is 18.0 Å². The van der Waals surface area contributed by atoms with Gasteiger partial charge in [-0.2, -0.15) is 0 Å². The van der Waals surface area contributed by atoms with E-state index in [0.29, 0.717) is 0 Å². The number of rotatable bonds is 19.